The van der Waals surface area contributed by atoms with Gasteiger partial charge in [0.15, 0.2) is 5.78 Å². The van der Waals surface area contributed by atoms with Crippen LogP contribution in [0.3, 0.4) is 0 Å². The first-order valence-electron chi connectivity index (χ1n) is 5.78. The van der Waals surface area contributed by atoms with E-state index in [-0.39, 0.29) is 11.9 Å². The Morgan fingerprint density at radius 1 is 1.38 bits per heavy atom. The zero-order valence-electron chi connectivity index (χ0n) is 10.0. The summed E-state index contributed by atoms with van der Waals surface area (Å²) < 4.78 is 5.75. The van der Waals surface area contributed by atoms with Crippen LogP contribution < -0.4 is 4.74 Å². The molecule has 0 saturated heterocycles. The predicted molar refractivity (Wildman–Crippen MR) is 62.0 cm³/mol. The number of ketones is 1. The van der Waals surface area contributed by atoms with Crippen LogP contribution in [0.2, 0.25) is 0 Å². The van der Waals surface area contributed by atoms with E-state index < -0.39 is 0 Å². The van der Waals surface area contributed by atoms with Crippen LogP contribution in [-0.2, 0) is 6.42 Å². The van der Waals surface area contributed by atoms with Gasteiger partial charge in [0.1, 0.15) is 11.4 Å². The molecule has 0 aromatic carbocycles. The van der Waals surface area contributed by atoms with E-state index in [4.69, 9.17) is 4.74 Å². The van der Waals surface area contributed by atoms with Gasteiger partial charge in [-0.25, -0.2) is 4.98 Å². The third-order valence-corrected chi connectivity index (χ3v) is 2.67. The highest BCUT2D eigenvalue weighted by Crippen LogP contribution is 2.29. The molecule has 1 aliphatic carbocycles. The summed E-state index contributed by atoms with van der Waals surface area (Å²) in [4.78, 5) is 16.1. The van der Waals surface area contributed by atoms with E-state index in [1.54, 1.807) is 0 Å². The number of aryl methyl sites for hydroxylation is 1. The number of nitrogens with zero attached hydrogens (tertiary/aromatic N) is 1. The van der Waals surface area contributed by atoms with Gasteiger partial charge in [-0.15, -0.1) is 0 Å². The smallest absolute Gasteiger partial charge is 0.181 e. The molecule has 0 amide bonds. The molecule has 3 nitrogen and oxygen atoms in total. The van der Waals surface area contributed by atoms with Gasteiger partial charge in [-0.1, -0.05) is 0 Å². The molecule has 1 aliphatic rings. The first-order valence-corrected chi connectivity index (χ1v) is 5.78. The Labute approximate surface area is 95.8 Å². The van der Waals surface area contributed by atoms with Crippen LogP contribution >= 0.6 is 0 Å². The summed E-state index contributed by atoms with van der Waals surface area (Å²) in [5, 5.41) is 0. The lowest BCUT2D eigenvalue weighted by Gasteiger charge is -2.20. The van der Waals surface area contributed by atoms with E-state index in [2.05, 4.69) is 4.98 Å². The zero-order chi connectivity index (χ0) is 11.7. The Hall–Kier alpha value is -1.38. The highest BCUT2D eigenvalue weighted by Gasteiger charge is 2.23. The number of ether oxygens (including phenoxy) is 1. The van der Waals surface area contributed by atoms with Crippen molar-refractivity contribution >= 4 is 5.78 Å². The van der Waals surface area contributed by atoms with Crippen LogP contribution in [0.5, 0.6) is 5.75 Å². The second kappa shape index (κ2) is 4.24. The van der Waals surface area contributed by atoms with Crippen LogP contribution in [-0.4, -0.2) is 16.9 Å². The summed E-state index contributed by atoms with van der Waals surface area (Å²) in [6.45, 7) is 5.88. The Morgan fingerprint density at radius 2 is 2.12 bits per heavy atom. The molecule has 1 aromatic heterocycles. The first kappa shape index (κ1) is 11.1. The standard InChI is InChI=1S/C13H17NO2/c1-8(2)16-12-7-9(3)14-13-10(12)5-4-6-11(13)15/h7-8H,4-6H2,1-3H3. The van der Waals surface area contributed by atoms with Gasteiger partial charge in [0.05, 0.1) is 6.10 Å². The van der Waals surface area contributed by atoms with Crippen molar-refractivity contribution in [3.63, 3.8) is 0 Å². The number of carbonyl (C=O) groups excluding carboxylic acids is 1. The van der Waals surface area contributed by atoms with Crippen molar-refractivity contribution < 1.29 is 9.53 Å². The predicted octanol–water partition coefficient (Wildman–Crippen LogP) is 2.70. The molecule has 1 heterocycles. The molecule has 1 aromatic rings. The SMILES string of the molecule is Cc1cc(OC(C)C)c2c(n1)C(=O)CCC2. The maximum atomic E-state index is 11.8. The number of Topliss-reactive ketones (excluding diaryl/α,β-unsaturated/α-hetero) is 1. The number of hydrogen-bond acceptors (Lipinski definition) is 3. The molecule has 86 valence electrons. The van der Waals surface area contributed by atoms with Gasteiger partial charge >= 0.3 is 0 Å². The van der Waals surface area contributed by atoms with Gasteiger partial charge in [-0.3, -0.25) is 4.79 Å². The molecule has 0 radical (unpaired) electrons. The molecular weight excluding hydrogens is 202 g/mol. The van der Waals surface area contributed by atoms with Crippen LogP contribution in [0.15, 0.2) is 6.07 Å². The van der Waals surface area contributed by atoms with Crippen molar-refractivity contribution in [1.82, 2.24) is 4.98 Å². The summed E-state index contributed by atoms with van der Waals surface area (Å²) in [6.07, 6.45) is 2.55. The second-order valence-electron chi connectivity index (χ2n) is 4.53. The molecule has 0 unspecified atom stereocenters. The Morgan fingerprint density at radius 3 is 2.81 bits per heavy atom. The van der Waals surface area contributed by atoms with Gasteiger partial charge in [-0.05, 0) is 33.6 Å². The van der Waals surface area contributed by atoms with Gasteiger partial charge in [0.25, 0.3) is 0 Å². The highest BCUT2D eigenvalue weighted by atomic mass is 16.5. The molecule has 2 rings (SSSR count). The fourth-order valence-electron chi connectivity index (χ4n) is 2.05. The highest BCUT2D eigenvalue weighted by molar-refractivity contribution is 5.97. The maximum Gasteiger partial charge on any atom is 0.181 e. The van der Waals surface area contributed by atoms with Gasteiger partial charge in [-0.2, -0.15) is 0 Å². The van der Waals surface area contributed by atoms with Crippen LogP contribution in [0.4, 0.5) is 0 Å². The second-order valence-corrected chi connectivity index (χ2v) is 4.53. The summed E-state index contributed by atoms with van der Waals surface area (Å²) in [6, 6.07) is 1.93. The number of aromatic nitrogens is 1. The molecule has 0 aliphatic heterocycles. The largest absolute Gasteiger partial charge is 0.491 e. The van der Waals surface area contributed by atoms with Crippen LogP contribution in [0.25, 0.3) is 0 Å². The van der Waals surface area contributed by atoms with E-state index in [1.165, 1.54) is 0 Å². The summed E-state index contributed by atoms with van der Waals surface area (Å²) in [5.41, 5.74) is 2.47. The third-order valence-electron chi connectivity index (χ3n) is 2.67. The lowest BCUT2D eigenvalue weighted by Crippen LogP contribution is -2.17. The van der Waals surface area contributed by atoms with E-state index in [1.807, 2.05) is 26.8 Å². The van der Waals surface area contributed by atoms with Crippen LogP contribution in [0.1, 0.15) is 48.4 Å². The Balaban J connectivity index is 2.48. The van der Waals surface area contributed by atoms with Gasteiger partial charge in [0, 0.05) is 23.7 Å². The number of pyridine rings is 1. The number of fused-ring (bicyclic) bond motifs is 1. The van der Waals surface area contributed by atoms with Crippen molar-refractivity contribution in [2.24, 2.45) is 0 Å². The minimum absolute atomic E-state index is 0.128. The maximum absolute atomic E-state index is 11.8. The lowest BCUT2D eigenvalue weighted by atomic mass is 9.94. The third kappa shape index (κ3) is 2.08. The lowest BCUT2D eigenvalue weighted by molar-refractivity contribution is 0.0965. The van der Waals surface area contributed by atoms with Crippen molar-refractivity contribution in [1.29, 1.82) is 0 Å². The molecule has 0 saturated carbocycles. The van der Waals surface area contributed by atoms with Crippen LogP contribution in [0, 0.1) is 6.92 Å². The topological polar surface area (TPSA) is 39.2 Å². The van der Waals surface area contributed by atoms with E-state index >= 15 is 0 Å². The average Bonchev–Trinajstić information content (AvgIpc) is 2.18. The van der Waals surface area contributed by atoms with Gasteiger partial charge in [0.2, 0.25) is 0 Å². The van der Waals surface area contributed by atoms with Gasteiger partial charge < -0.3 is 4.74 Å². The average molecular weight is 219 g/mol. The Bertz CT molecular complexity index is 424. The summed E-state index contributed by atoms with van der Waals surface area (Å²) in [5.74, 6) is 0.990. The fourth-order valence-corrected chi connectivity index (χ4v) is 2.05. The molecule has 0 bridgehead atoms. The molecule has 16 heavy (non-hydrogen) atoms. The molecule has 3 heteroatoms. The van der Waals surface area contributed by atoms with Crippen molar-refractivity contribution in [3.05, 3.63) is 23.0 Å². The van der Waals surface area contributed by atoms with Crippen molar-refractivity contribution in [2.45, 2.75) is 46.1 Å². The number of rotatable bonds is 2. The Kier molecular flexibility index (Phi) is 2.95. The normalized spacial score (nSPS) is 15.1. The van der Waals surface area contributed by atoms with Crippen molar-refractivity contribution in [3.8, 4) is 5.75 Å². The summed E-state index contributed by atoms with van der Waals surface area (Å²) >= 11 is 0. The zero-order valence-corrected chi connectivity index (χ0v) is 10.0. The van der Waals surface area contributed by atoms with E-state index in [0.717, 1.165) is 29.8 Å². The van der Waals surface area contributed by atoms with Crippen molar-refractivity contribution in [2.75, 3.05) is 0 Å². The molecule has 0 N–H and O–H groups in total. The molecule has 0 atom stereocenters. The summed E-state index contributed by atoms with van der Waals surface area (Å²) in [7, 11) is 0. The first-order chi connectivity index (χ1) is 7.58. The minimum Gasteiger partial charge on any atom is -0.491 e. The molecule has 0 spiro atoms. The number of carbonyl (C=O) groups is 1. The number of hydrogen-bond donors (Lipinski definition) is 0. The minimum atomic E-state index is 0.128. The van der Waals surface area contributed by atoms with E-state index in [0.29, 0.717) is 12.1 Å². The fraction of sp³-hybridized carbons (Fsp3) is 0.538. The monoisotopic (exact) mass is 219 g/mol. The quantitative estimate of drug-likeness (QED) is 0.767. The van der Waals surface area contributed by atoms with E-state index in [9.17, 15) is 4.79 Å². The molecule has 0 fully saturated rings. The molecular formula is C13H17NO2.